The van der Waals surface area contributed by atoms with Gasteiger partial charge in [-0.2, -0.15) is 0 Å². The van der Waals surface area contributed by atoms with E-state index in [0.717, 1.165) is 19.6 Å². The quantitative estimate of drug-likeness (QED) is 0.585. The Hall–Kier alpha value is -0.520. The average Bonchev–Trinajstić information content (AvgIpc) is 2.35. The van der Waals surface area contributed by atoms with Crippen LogP contribution in [0.1, 0.15) is 24.2 Å². The standard InChI is InChI=1S/C13H21N3O.Ag.ClH/c1-3-16(4-2)10-9-15-13(17)11-5-7-12(14)8-6-11;;/h5-8H,3-4,9-10,14H2,1-2H3,(H,15,17);;1H. The molecule has 0 saturated carbocycles. The zero-order valence-corrected chi connectivity index (χ0v) is 13.6. The number of nitrogen functional groups attached to an aromatic ring is 1. The molecule has 0 heterocycles. The smallest absolute Gasteiger partial charge is 0.251 e. The molecule has 0 aromatic heterocycles. The van der Waals surface area contributed by atoms with Crippen molar-refractivity contribution in [3.63, 3.8) is 0 Å². The number of halogens is 1. The summed E-state index contributed by atoms with van der Waals surface area (Å²) in [5.41, 5.74) is 6.89. The molecule has 0 spiro atoms. The number of carbonyl (C=O) groups excluding carboxylic acids is 1. The van der Waals surface area contributed by atoms with Crippen molar-refractivity contribution in [2.24, 2.45) is 0 Å². The SMILES string of the molecule is CCN(CC)CCNC(=O)c1ccc(N)cc1.Cl.[Ag]. The number of benzene rings is 1. The number of anilines is 1. The van der Waals surface area contributed by atoms with Crippen LogP contribution in [0.25, 0.3) is 0 Å². The summed E-state index contributed by atoms with van der Waals surface area (Å²) in [6.07, 6.45) is 0. The summed E-state index contributed by atoms with van der Waals surface area (Å²) in [6, 6.07) is 6.95. The Balaban J connectivity index is 0. The van der Waals surface area contributed by atoms with E-state index in [1.807, 2.05) is 0 Å². The molecule has 4 nitrogen and oxygen atoms in total. The van der Waals surface area contributed by atoms with E-state index in [1.54, 1.807) is 24.3 Å². The van der Waals surface area contributed by atoms with Crippen LogP contribution in [0.3, 0.4) is 0 Å². The van der Waals surface area contributed by atoms with Gasteiger partial charge in [0.15, 0.2) is 0 Å². The van der Waals surface area contributed by atoms with Crippen LogP contribution < -0.4 is 11.1 Å². The third-order valence-electron chi connectivity index (χ3n) is 2.78. The molecule has 0 atom stereocenters. The van der Waals surface area contributed by atoms with Gasteiger partial charge in [0.1, 0.15) is 0 Å². The van der Waals surface area contributed by atoms with Crippen molar-refractivity contribution < 1.29 is 27.2 Å². The van der Waals surface area contributed by atoms with Gasteiger partial charge in [0, 0.05) is 46.7 Å². The van der Waals surface area contributed by atoms with Crippen LogP contribution in [0.5, 0.6) is 0 Å². The molecular weight excluding hydrogens is 357 g/mol. The van der Waals surface area contributed by atoms with Gasteiger partial charge in [-0.25, -0.2) is 0 Å². The molecular formula is C13H22AgClN3O. The van der Waals surface area contributed by atoms with E-state index >= 15 is 0 Å². The van der Waals surface area contributed by atoms with Gasteiger partial charge in [0.05, 0.1) is 0 Å². The third kappa shape index (κ3) is 7.60. The summed E-state index contributed by atoms with van der Waals surface area (Å²) in [6.45, 7) is 7.80. The summed E-state index contributed by atoms with van der Waals surface area (Å²) < 4.78 is 0. The van der Waals surface area contributed by atoms with Crippen molar-refractivity contribution in [1.82, 2.24) is 10.2 Å². The zero-order chi connectivity index (χ0) is 12.7. The van der Waals surface area contributed by atoms with E-state index in [2.05, 4.69) is 24.1 Å². The van der Waals surface area contributed by atoms with Crippen molar-refractivity contribution >= 4 is 24.0 Å². The van der Waals surface area contributed by atoms with Crippen molar-refractivity contribution in [3.05, 3.63) is 29.8 Å². The summed E-state index contributed by atoms with van der Waals surface area (Å²) >= 11 is 0. The van der Waals surface area contributed by atoms with Gasteiger partial charge in [0.2, 0.25) is 0 Å². The van der Waals surface area contributed by atoms with Gasteiger partial charge < -0.3 is 16.0 Å². The fourth-order valence-electron chi connectivity index (χ4n) is 1.60. The van der Waals surface area contributed by atoms with E-state index in [9.17, 15) is 4.79 Å². The molecule has 1 amide bonds. The molecule has 6 heteroatoms. The van der Waals surface area contributed by atoms with Crippen molar-refractivity contribution in [1.29, 1.82) is 0 Å². The van der Waals surface area contributed by atoms with Crippen molar-refractivity contribution in [2.45, 2.75) is 13.8 Å². The first-order chi connectivity index (χ1) is 8.17. The van der Waals surface area contributed by atoms with Crippen LogP contribution in [0.15, 0.2) is 24.3 Å². The number of carbonyl (C=O) groups is 1. The van der Waals surface area contributed by atoms with Gasteiger partial charge in [-0.05, 0) is 37.4 Å². The normalized spacial score (nSPS) is 9.42. The molecule has 0 unspecified atom stereocenters. The number of nitrogens with zero attached hydrogens (tertiary/aromatic N) is 1. The maximum atomic E-state index is 11.7. The number of hydrogen-bond acceptors (Lipinski definition) is 3. The molecule has 0 saturated heterocycles. The first kappa shape index (κ1) is 20.8. The van der Waals surface area contributed by atoms with Crippen LogP contribution in [0, 0.1) is 0 Å². The second-order valence-electron chi connectivity index (χ2n) is 3.90. The maximum absolute atomic E-state index is 11.7. The van der Waals surface area contributed by atoms with Crippen LogP contribution >= 0.6 is 12.4 Å². The first-order valence-corrected chi connectivity index (χ1v) is 6.03. The van der Waals surface area contributed by atoms with Gasteiger partial charge in [-0.15, -0.1) is 12.4 Å². The minimum Gasteiger partial charge on any atom is -0.399 e. The van der Waals surface area contributed by atoms with Crippen LogP contribution in [0.2, 0.25) is 0 Å². The molecule has 3 N–H and O–H groups in total. The van der Waals surface area contributed by atoms with Gasteiger partial charge >= 0.3 is 0 Å². The third-order valence-corrected chi connectivity index (χ3v) is 2.78. The van der Waals surface area contributed by atoms with E-state index in [-0.39, 0.29) is 40.7 Å². The number of likely N-dealkylation sites (N-methyl/N-ethyl adjacent to an activating group) is 1. The number of rotatable bonds is 6. The molecule has 19 heavy (non-hydrogen) atoms. The van der Waals surface area contributed by atoms with E-state index in [4.69, 9.17) is 5.73 Å². The monoisotopic (exact) mass is 378 g/mol. The number of nitrogens with two attached hydrogens (primary N) is 1. The Morgan fingerprint density at radius 1 is 1.21 bits per heavy atom. The second-order valence-corrected chi connectivity index (χ2v) is 3.90. The fraction of sp³-hybridized carbons (Fsp3) is 0.462. The molecule has 0 aliphatic rings. The molecule has 1 aromatic carbocycles. The van der Waals surface area contributed by atoms with Crippen LogP contribution in [-0.4, -0.2) is 37.0 Å². The number of nitrogens with one attached hydrogen (secondary N) is 1. The van der Waals surface area contributed by atoms with E-state index in [0.29, 0.717) is 17.8 Å². The molecule has 1 rings (SSSR count). The minimum atomic E-state index is -0.0443. The topological polar surface area (TPSA) is 58.4 Å². The van der Waals surface area contributed by atoms with Gasteiger partial charge in [-0.3, -0.25) is 4.79 Å². The number of amides is 1. The Bertz CT molecular complexity index is 355. The summed E-state index contributed by atoms with van der Waals surface area (Å²) in [5, 5.41) is 2.90. The molecule has 0 fully saturated rings. The predicted molar refractivity (Wildman–Crippen MR) is 78.2 cm³/mol. The Morgan fingerprint density at radius 2 is 1.74 bits per heavy atom. The summed E-state index contributed by atoms with van der Waals surface area (Å²) in [4.78, 5) is 14.0. The molecule has 0 aliphatic carbocycles. The molecule has 1 aromatic rings. The predicted octanol–water partition coefficient (Wildman–Crippen LogP) is 1.76. The molecule has 1 radical (unpaired) electrons. The second kappa shape index (κ2) is 11.3. The van der Waals surface area contributed by atoms with Crippen molar-refractivity contribution in [2.75, 3.05) is 31.9 Å². The largest absolute Gasteiger partial charge is 0.399 e. The Kier molecular flexibility index (Phi) is 12.4. The zero-order valence-electron chi connectivity index (χ0n) is 11.3. The summed E-state index contributed by atoms with van der Waals surface area (Å²) in [5.74, 6) is -0.0443. The average molecular weight is 380 g/mol. The van der Waals surface area contributed by atoms with Gasteiger partial charge in [-0.1, -0.05) is 13.8 Å². The van der Waals surface area contributed by atoms with Gasteiger partial charge in [0.25, 0.3) is 5.91 Å². The maximum Gasteiger partial charge on any atom is 0.251 e. The van der Waals surface area contributed by atoms with Crippen molar-refractivity contribution in [3.8, 4) is 0 Å². The first-order valence-electron chi connectivity index (χ1n) is 6.03. The Morgan fingerprint density at radius 3 is 2.21 bits per heavy atom. The number of hydrogen-bond donors (Lipinski definition) is 2. The Labute approximate surface area is 137 Å². The van der Waals surface area contributed by atoms with E-state index in [1.165, 1.54) is 0 Å². The van der Waals surface area contributed by atoms with E-state index < -0.39 is 0 Å². The molecule has 113 valence electrons. The summed E-state index contributed by atoms with van der Waals surface area (Å²) in [7, 11) is 0. The molecule has 0 bridgehead atoms. The fourth-order valence-corrected chi connectivity index (χ4v) is 1.60. The molecule has 0 aliphatic heterocycles. The van der Waals surface area contributed by atoms with Crippen LogP contribution in [0.4, 0.5) is 5.69 Å². The van der Waals surface area contributed by atoms with Crippen LogP contribution in [-0.2, 0) is 22.4 Å². The minimum absolute atomic E-state index is 0.